The predicted octanol–water partition coefficient (Wildman–Crippen LogP) is 0.554. The summed E-state index contributed by atoms with van der Waals surface area (Å²) in [6, 6.07) is 6.44. The summed E-state index contributed by atoms with van der Waals surface area (Å²) in [6.07, 6.45) is 0. The molecule has 2 atom stereocenters. The number of nitrogens with zero attached hydrogens (tertiary/aromatic N) is 1. The number of rotatable bonds is 4. The minimum Gasteiger partial charge on any atom is -0.481 e. The van der Waals surface area contributed by atoms with Gasteiger partial charge in [-0.15, -0.1) is 0 Å². The molecule has 3 N–H and O–H groups in total. The minimum absolute atomic E-state index is 0.00593. The highest BCUT2D eigenvalue weighted by Gasteiger charge is 2.65. The minimum atomic E-state index is -0.984. The monoisotopic (exact) mass is 359 g/mol. The van der Waals surface area contributed by atoms with Gasteiger partial charge < -0.3 is 20.6 Å². The van der Waals surface area contributed by atoms with Gasteiger partial charge in [-0.3, -0.25) is 19.2 Å². The molecule has 0 aromatic heterocycles. The van der Waals surface area contributed by atoms with E-state index in [0.29, 0.717) is 24.3 Å². The second-order valence-electron chi connectivity index (χ2n) is 7.26. The molecule has 2 aliphatic rings. The van der Waals surface area contributed by atoms with Gasteiger partial charge in [0.1, 0.15) is 0 Å². The number of hydrogen-bond donors (Lipinski definition) is 3. The van der Waals surface area contributed by atoms with Gasteiger partial charge in [0.25, 0.3) is 5.91 Å². The zero-order chi connectivity index (χ0) is 19.1. The fourth-order valence-electron chi connectivity index (χ4n) is 3.53. The van der Waals surface area contributed by atoms with Gasteiger partial charge in [-0.05, 0) is 23.6 Å². The lowest BCUT2D eigenvalue weighted by atomic mass is 10.1. The number of carbonyl (C=O) groups excluding carboxylic acids is 3. The number of benzene rings is 1. The van der Waals surface area contributed by atoms with Crippen molar-refractivity contribution in [2.24, 2.45) is 17.3 Å². The maximum Gasteiger partial charge on any atom is 0.307 e. The Bertz CT molecular complexity index is 789. The summed E-state index contributed by atoms with van der Waals surface area (Å²) in [5, 5.41) is 14.6. The van der Waals surface area contributed by atoms with Crippen molar-refractivity contribution >= 4 is 29.4 Å². The van der Waals surface area contributed by atoms with Crippen molar-refractivity contribution in [2.75, 3.05) is 25.0 Å². The van der Waals surface area contributed by atoms with E-state index in [-0.39, 0.29) is 24.3 Å². The molecule has 8 nitrogen and oxygen atoms in total. The lowest BCUT2D eigenvalue weighted by Crippen LogP contribution is -2.49. The Balaban J connectivity index is 1.70. The molecule has 0 spiro atoms. The molecule has 1 saturated heterocycles. The topological polar surface area (TPSA) is 116 Å². The van der Waals surface area contributed by atoms with E-state index in [4.69, 9.17) is 0 Å². The molecule has 1 aromatic rings. The molecule has 1 aromatic carbocycles. The molecular weight excluding hydrogens is 338 g/mol. The number of piperazine rings is 1. The van der Waals surface area contributed by atoms with Crippen molar-refractivity contribution in [2.45, 2.75) is 13.8 Å². The molecule has 3 rings (SSSR count). The van der Waals surface area contributed by atoms with Crippen molar-refractivity contribution < 1.29 is 24.3 Å². The van der Waals surface area contributed by atoms with Crippen molar-refractivity contribution in [1.29, 1.82) is 0 Å². The largest absolute Gasteiger partial charge is 0.481 e. The first-order valence-electron chi connectivity index (χ1n) is 8.41. The number of amides is 3. The van der Waals surface area contributed by atoms with Crippen LogP contribution < -0.4 is 10.6 Å². The van der Waals surface area contributed by atoms with Crippen molar-refractivity contribution in [3.63, 3.8) is 0 Å². The molecule has 1 saturated carbocycles. The van der Waals surface area contributed by atoms with E-state index in [1.807, 2.05) is 0 Å². The van der Waals surface area contributed by atoms with Crippen LogP contribution in [0.3, 0.4) is 0 Å². The molecule has 3 amide bonds. The van der Waals surface area contributed by atoms with Gasteiger partial charge >= 0.3 is 5.97 Å². The number of carboxylic acid groups (broad SMARTS) is 1. The summed E-state index contributed by atoms with van der Waals surface area (Å²) in [4.78, 5) is 49.1. The summed E-state index contributed by atoms with van der Waals surface area (Å²) in [6.45, 7) is 4.34. The Labute approximate surface area is 150 Å². The summed E-state index contributed by atoms with van der Waals surface area (Å²) in [5.74, 6) is -3.16. The van der Waals surface area contributed by atoms with Crippen LogP contribution in [0.25, 0.3) is 0 Å². The van der Waals surface area contributed by atoms with Crippen LogP contribution in [0.2, 0.25) is 0 Å². The molecule has 2 fully saturated rings. The zero-order valence-corrected chi connectivity index (χ0v) is 14.6. The van der Waals surface area contributed by atoms with Gasteiger partial charge in [-0.25, -0.2) is 0 Å². The van der Waals surface area contributed by atoms with Gasteiger partial charge in [0.15, 0.2) is 0 Å². The fourth-order valence-corrected chi connectivity index (χ4v) is 3.53. The van der Waals surface area contributed by atoms with E-state index < -0.39 is 23.2 Å². The number of anilines is 1. The van der Waals surface area contributed by atoms with Gasteiger partial charge in [0, 0.05) is 24.3 Å². The quantitative estimate of drug-likeness (QED) is 0.726. The molecule has 0 radical (unpaired) electrons. The normalized spacial score (nSPS) is 23.8. The van der Waals surface area contributed by atoms with E-state index in [0.717, 1.165) is 0 Å². The van der Waals surface area contributed by atoms with Crippen LogP contribution in [0.15, 0.2) is 24.3 Å². The van der Waals surface area contributed by atoms with Crippen LogP contribution in [0.5, 0.6) is 0 Å². The molecule has 138 valence electrons. The highest BCUT2D eigenvalue weighted by atomic mass is 16.4. The Morgan fingerprint density at radius 2 is 2.00 bits per heavy atom. The molecular formula is C18H21N3O5. The highest BCUT2D eigenvalue weighted by molar-refractivity contribution is 6.02. The molecule has 0 unspecified atom stereocenters. The number of carbonyl (C=O) groups is 4. The van der Waals surface area contributed by atoms with Gasteiger partial charge in [-0.1, -0.05) is 19.9 Å². The van der Waals surface area contributed by atoms with Crippen molar-refractivity contribution in [3.8, 4) is 0 Å². The molecule has 1 aliphatic heterocycles. The average Bonchev–Trinajstić information content (AvgIpc) is 3.17. The van der Waals surface area contributed by atoms with E-state index in [1.54, 1.807) is 32.0 Å². The maximum atomic E-state index is 12.5. The average molecular weight is 359 g/mol. The Morgan fingerprint density at radius 1 is 1.27 bits per heavy atom. The third-order valence-electron chi connectivity index (χ3n) is 5.08. The Morgan fingerprint density at radius 3 is 2.62 bits per heavy atom. The first-order chi connectivity index (χ1) is 12.2. The molecule has 1 aliphatic carbocycles. The standard InChI is InChI=1S/C18H21N3O5/c1-18(2)13(14(18)17(25)26)15(23)20-11-5-3-4-10(8-11)16(24)21-7-6-19-12(22)9-21/h3-5,8,13-14H,6-7,9H2,1-2H3,(H,19,22)(H,20,23)(H,25,26)/t13-,14+/m0/s1. The van der Waals surface area contributed by atoms with Crippen LogP contribution >= 0.6 is 0 Å². The summed E-state index contributed by atoms with van der Waals surface area (Å²) in [7, 11) is 0. The Hall–Kier alpha value is -2.90. The number of hydrogen-bond acceptors (Lipinski definition) is 4. The SMILES string of the molecule is CC1(C)[C@H](C(=O)Nc2cccc(C(=O)N3CCNC(=O)C3)c2)[C@@H]1C(=O)O. The van der Waals surface area contributed by atoms with Crippen molar-refractivity contribution in [1.82, 2.24) is 10.2 Å². The van der Waals surface area contributed by atoms with Crippen LogP contribution in [0.4, 0.5) is 5.69 Å². The molecule has 1 heterocycles. The van der Waals surface area contributed by atoms with Gasteiger partial charge in [0.2, 0.25) is 11.8 Å². The molecule has 0 bridgehead atoms. The summed E-state index contributed by atoms with van der Waals surface area (Å²) < 4.78 is 0. The third-order valence-corrected chi connectivity index (χ3v) is 5.08. The van der Waals surface area contributed by atoms with E-state index in [2.05, 4.69) is 10.6 Å². The van der Waals surface area contributed by atoms with Crippen LogP contribution in [-0.2, 0) is 14.4 Å². The smallest absolute Gasteiger partial charge is 0.307 e. The molecule has 8 heteroatoms. The molecule has 26 heavy (non-hydrogen) atoms. The maximum absolute atomic E-state index is 12.5. The summed E-state index contributed by atoms with van der Waals surface area (Å²) in [5.41, 5.74) is 0.196. The van der Waals surface area contributed by atoms with Gasteiger partial charge in [0.05, 0.1) is 18.4 Å². The number of aliphatic carboxylic acids is 1. The first kappa shape index (κ1) is 17.9. The highest BCUT2D eigenvalue weighted by Crippen LogP contribution is 2.58. The Kier molecular flexibility index (Phi) is 4.43. The van der Waals surface area contributed by atoms with Crippen LogP contribution in [0, 0.1) is 17.3 Å². The van der Waals surface area contributed by atoms with E-state index >= 15 is 0 Å². The third kappa shape index (κ3) is 3.26. The summed E-state index contributed by atoms with van der Waals surface area (Å²) >= 11 is 0. The van der Waals surface area contributed by atoms with Crippen molar-refractivity contribution in [3.05, 3.63) is 29.8 Å². The predicted molar refractivity (Wildman–Crippen MR) is 92.4 cm³/mol. The van der Waals surface area contributed by atoms with Gasteiger partial charge in [-0.2, -0.15) is 0 Å². The van der Waals surface area contributed by atoms with Crippen LogP contribution in [-0.4, -0.2) is 53.3 Å². The fraction of sp³-hybridized carbons (Fsp3) is 0.444. The van der Waals surface area contributed by atoms with Crippen LogP contribution in [0.1, 0.15) is 24.2 Å². The first-order valence-corrected chi connectivity index (χ1v) is 8.41. The lowest BCUT2D eigenvalue weighted by molar-refractivity contribution is -0.140. The zero-order valence-electron chi connectivity index (χ0n) is 14.6. The number of carboxylic acids is 1. The van der Waals surface area contributed by atoms with E-state index in [1.165, 1.54) is 11.0 Å². The second kappa shape index (κ2) is 6.44. The lowest BCUT2D eigenvalue weighted by Gasteiger charge is -2.26. The second-order valence-corrected chi connectivity index (χ2v) is 7.26. The number of nitrogens with one attached hydrogen (secondary N) is 2. The van der Waals surface area contributed by atoms with E-state index in [9.17, 15) is 24.3 Å².